The maximum atomic E-state index is 11.9. The summed E-state index contributed by atoms with van der Waals surface area (Å²) in [5.41, 5.74) is -0.171. The molecule has 0 aromatic carbocycles. The number of nitrogens with one attached hydrogen (secondary N) is 3. The van der Waals surface area contributed by atoms with Gasteiger partial charge in [-0.1, -0.05) is 0 Å². The molecule has 0 aliphatic rings. The molecule has 0 atom stereocenters. The van der Waals surface area contributed by atoms with Crippen LogP contribution >= 0.6 is 24.0 Å². The molecule has 8 nitrogen and oxygen atoms in total. The van der Waals surface area contributed by atoms with E-state index in [1.807, 2.05) is 48.5 Å². The van der Waals surface area contributed by atoms with E-state index in [1.54, 1.807) is 7.05 Å². The molecule has 1 aromatic heterocycles. The minimum absolute atomic E-state index is 0. The summed E-state index contributed by atoms with van der Waals surface area (Å²) in [5, 5.41) is 9.14. The Morgan fingerprint density at radius 3 is 2.27 bits per heavy atom. The van der Waals surface area contributed by atoms with Gasteiger partial charge in [0.05, 0.1) is 17.8 Å². The number of amides is 1. The van der Waals surface area contributed by atoms with Gasteiger partial charge >= 0.3 is 6.09 Å². The van der Waals surface area contributed by atoms with Crippen LogP contribution in [-0.2, 0) is 11.3 Å². The van der Waals surface area contributed by atoms with E-state index in [2.05, 4.69) is 25.9 Å². The van der Waals surface area contributed by atoms with Crippen LogP contribution in [-0.4, -0.2) is 41.8 Å². The number of hydrogen-bond donors (Lipinski definition) is 3. The predicted molar refractivity (Wildman–Crippen MR) is 113 cm³/mol. The molecule has 26 heavy (non-hydrogen) atoms. The molecule has 1 amide bonds. The molecule has 0 aliphatic carbocycles. The average Bonchev–Trinajstić information content (AvgIpc) is 2.75. The van der Waals surface area contributed by atoms with Crippen molar-refractivity contribution in [1.82, 2.24) is 20.9 Å². The number of carbonyl (C=O) groups is 1. The van der Waals surface area contributed by atoms with Crippen molar-refractivity contribution in [3.05, 3.63) is 17.3 Å². The first-order valence-corrected chi connectivity index (χ1v) is 8.30. The van der Waals surface area contributed by atoms with Crippen molar-refractivity contribution in [3.8, 4) is 0 Å². The van der Waals surface area contributed by atoms with Crippen LogP contribution in [0.1, 0.15) is 52.0 Å². The van der Waals surface area contributed by atoms with Crippen LogP contribution in [0.5, 0.6) is 0 Å². The van der Waals surface area contributed by atoms with Crippen molar-refractivity contribution in [1.29, 1.82) is 0 Å². The highest BCUT2D eigenvalue weighted by Gasteiger charge is 2.24. The molecule has 3 N–H and O–H groups in total. The van der Waals surface area contributed by atoms with Gasteiger partial charge in [0.2, 0.25) is 5.89 Å². The van der Waals surface area contributed by atoms with Gasteiger partial charge in [0.15, 0.2) is 5.96 Å². The fourth-order valence-electron chi connectivity index (χ4n) is 1.92. The van der Waals surface area contributed by atoms with Gasteiger partial charge in [-0.3, -0.25) is 4.99 Å². The van der Waals surface area contributed by atoms with E-state index in [-0.39, 0.29) is 24.0 Å². The van der Waals surface area contributed by atoms with E-state index >= 15 is 0 Å². The molecule has 0 radical (unpaired) electrons. The smallest absolute Gasteiger partial charge is 0.408 e. The summed E-state index contributed by atoms with van der Waals surface area (Å²) in [7, 11) is 1.68. The number of alkyl carbamates (subject to hydrolysis) is 1. The third kappa shape index (κ3) is 9.25. The average molecular weight is 481 g/mol. The van der Waals surface area contributed by atoms with Crippen LogP contribution in [0.25, 0.3) is 0 Å². The van der Waals surface area contributed by atoms with Crippen LogP contribution in [0.4, 0.5) is 4.79 Å². The Bertz CT molecular complexity index is 601. The second kappa shape index (κ2) is 9.98. The largest absolute Gasteiger partial charge is 0.444 e. The highest BCUT2D eigenvalue weighted by atomic mass is 127. The van der Waals surface area contributed by atoms with Gasteiger partial charge < -0.3 is 25.1 Å². The molecule has 0 bridgehead atoms. The highest BCUT2D eigenvalue weighted by molar-refractivity contribution is 14.0. The Labute approximate surface area is 173 Å². The molecule has 0 saturated carbocycles. The van der Waals surface area contributed by atoms with Crippen LogP contribution in [0, 0.1) is 13.8 Å². The number of carbonyl (C=O) groups excluding carboxylic acids is 1. The maximum Gasteiger partial charge on any atom is 0.408 e. The zero-order valence-electron chi connectivity index (χ0n) is 16.9. The van der Waals surface area contributed by atoms with Gasteiger partial charge in [0, 0.05) is 13.6 Å². The molecule has 0 aliphatic heterocycles. The fraction of sp³-hybridized carbons (Fsp3) is 0.706. The Kier molecular flexibility index (Phi) is 9.40. The Balaban J connectivity index is 0.00000625. The Hall–Kier alpha value is -1.52. The van der Waals surface area contributed by atoms with Crippen LogP contribution < -0.4 is 16.0 Å². The van der Waals surface area contributed by atoms with E-state index in [0.29, 0.717) is 24.9 Å². The number of guanidine groups is 1. The summed E-state index contributed by atoms with van der Waals surface area (Å²) in [4.78, 5) is 20.4. The lowest BCUT2D eigenvalue weighted by molar-refractivity contribution is 0.0474. The summed E-state index contributed by atoms with van der Waals surface area (Å²) in [5.74, 6) is 2.00. The molecule has 0 unspecified atom stereocenters. The van der Waals surface area contributed by atoms with E-state index in [9.17, 15) is 4.79 Å². The third-order valence-corrected chi connectivity index (χ3v) is 3.24. The first-order valence-electron chi connectivity index (χ1n) is 8.30. The van der Waals surface area contributed by atoms with Crippen molar-refractivity contribution in [2.45, 2.75) is 66.2 Å². The fourth-order valence-corrected chi connectivity index (χ4v) is 1.92. The molecule has 150 valence electrons. The lowest BCUT2D eigenvalue weighted by Gasteiger charge is -2.29. The van der Waals surface area contributed by atoms with E-state index < -0.39 is 17.2 Å². The number of aromatic nitrogens is 1. The van der Waals surface area contributed by atoms with E-state index in [1.165, 1.54) is 0 Å². The van der Waals surface area contributed by atoms with Crippen molar-refractivity contribution >= 4 is 36.0 Å². The summed E-state index contributed by atoms with van der Waals surface area (Å²) < 4.78 is 10.8. The van der Waals surface area contributed by atoms with Gasteiger partial charge in [-0.2, -0.15) is 0 Å². The predicted octanol–water partition coefficient (Wildman–Crippen LogP) is 2.88. The minimum atomic E-state index is -0.530. The summed E-state index contributed by atoms with van der Waals surface area (Å²) in [6.45, 7) is 14.0. The van der Waals surface area contributed by atoms with Gasteiger partial charge in [-0.05, 0) is 48.5 Å². The first-order chi connectivity index (χ1) is 11.4. The van der Waals surface area contributed by atoms with Crippen LogP contribution in [0.2, 0.25) is 0 Å². The van der Waals surface area contributed by atoms with Crippen LogP contribution in [0.3, 0.4) is 0 Å². The standard InChI is InChI=1S/C17H31N5O3.HI/c1-11-12(2)24-13(21-11)9-19-14(18-8)20-10-17(6,7)22-15(23)25-16(3,4)5;/h9-10H2,1-8H3,(H,22,23)(H2,18,19,20);1H. The summed E-state index contributed by atoms with van der Waals surface area (Å²) in [6.07, 6.45) is -0.451. The second-order valence-electron chi connectivity index (χ2n) is 7.54. The van der Waals surface area contributed by atoms with E-state index in [0.717, 1.165) is 11.5 Å². The SMILES string of the molecule is CN=C(NCc1nc(C)c(C)o1)NCC(C)(C)NC(=O)OC(C)(C)C.I. The molecular formula is C17H32IN5O3. The van der Waals surface area contributed by atoms with E-state index in [4.69, 9.17) is 9.15 Å². The molecule has 9 heteroatoms. The number of nitrogens with zero attached hydrogens (tertiary/aromatic N) is 2. The van der Waals surface area contributed by atoms with Gasteiger partial charge in [-0.25, -0.2) is 9.78 Å². The minimum Gasteiger partial charge on any atom is -0.444 e. The van der Waals surface area contributed by atoms with Gasteiger partial charge in [0.1, 0.15) is 11.4 Å². The first kappa shape index (κ1) is 24.5. The zero-order valence-corrected chi connectivity index (χ0v) is 19.3. The number of aryl methyl sites for hydroxylation is 2. The van der Waals surface area contributed by atoms with Gasteiger partial charge in [0.25, 0.3) is 0 Å². The Morgan fingerprint density at radius 2 is 1.81 bits per heavy atom. The highest BCUT2D eigenvalue weighted by Crippen LogP contribution is 2.09. The number of ether oxygens (including phenoxy) is 1. The summed E-state index contributed by atoms with van der Waals surface area (Å²) in [6, 6.07) is 0. The monoisotopic (exact) mass is 481 g/mol. The zero-order chi connectivity index (χ0) is 19.3. The van der Waals surface area contributed by atoms with Gasteiger partial charge in [-0.15, -0.1) is 24.0 Å². The number of halogens is 1. The molecule has 1 rings (SSSR count). The molecule has 0 saturated heterocycles. The molecule has 0 fully saturated rings. The molecular weight excluding hydrogens is 449 g/mol. The van der Waals surface area contributed by atoms with Crippen molar-refractivity contribution in [3.63, 3.8) is 0 Å². The lowest BCUT2D eigenvalue weighted by Crippen LogP contribution is -2.54. The number of hydrogen-bond acceptors (Lipinski definition) is 5. The van der Waals surface area contributed by atoms with Crippen LogP contribution in [0.15, 0.2) is 9.41 Å². The molecule has 1 aromatic rings. The Morgan fingerprint density at radius 1 is 1.19 bits per heavy atom. The van der Waals surface area contributed by atoms with Crippen molar-refractivity contribution in [2.75, 3.05) is 13.6 Å². The van der Waals surface area contributed by atoms with Crippen molar-refractivity contribution < 1.29 is 13.9 Å². The molecule has 1 heterocycles. The maximum absolute atomic E-state index is 11.9. The second-order valence-corrected chi connectivity index (χ2v) is 7.54. The normalized spacial score (nSPS) is 12.2. The van der Waals surface area contributed by atoms with Crippen molar-refractivity contribution in [2.24, 2.45) is 4.99 Å². The lowest BCUT2D eigenvalue weighted by atomic mass is 10.1. The molecule has 0 spiro atoms. The quantitative estimate of drug-likeness (QED) is 0.340. The summed E-state index contributed by atoms with van der Waals surface area (Å²) >= 11 is 0. The topological polar surface area (TPSA) is 101 Å². The number of aliphatic imine (C=N–C) groups is 1. The number of rotatable bonds is 5. The number of oxazole rings is 1. The third-order valence-electron chi connectivity index (χ3n) is 3.24.